The zero-order valence-corrected chi connectivity index (χ0v) is 16.4. The Labute approximate surface area is 166 Å². The molecule has 2 rings (SSSR count). The summed E-state index contributed by atoms with van der Waals surface area (Å²) in [4.78, 5) is 24.6. The van der Waals surface area contributed by atoms with Crippen molar-refractivity contribution in [2.45, 2.75) is 51.2 Å². The molecule has 0 heterocycles. The number of rotatable bonds is 9. The Hall–Kier alpha value is -2.86. The van der Waals surface area contributed by atoms with Crippen LogP contribution in [0.4, 0.5) is 0 Å². The normalized spacial score (nSPS) is 14.0. The monoisotopic (exact) mass is 383 g/mol. The van der Waals surface area contributed by atoms with Gasteiger partial charge in [0.1, 0.15) is 11.8 Å². The average Bonchev–Trinajstić information content (AvgIpc) is 2.68. The third-order valence-electron chi connectivity index (χ3n) is 4.58. The number of nitrogens with one attached hydrogen (secondary N) is 2. The maximum atomic E-state index is 12.3. The number of aromatic hydroxyl groups is 1. The van der Waals surface area contributed by atoms with Crippen LogP contribution < -0.4 is 16.4 Å². The van der Waals surface area contributed by atoms with Crippen molar-refractivity contribution in [1.82, 2.24) is 10.6 Å². The zero-order chi connectivity index (χ0) is 20.5. The predicted molar refractivity (Wildman–Crippen MR) is 110 cm³/mol. The lowest BCUT2D eigenvalue weighted by Gasteiger charge is -2.20. The molecule has 28 heavy (non-hydrogen) atoms. The van der Waals surface area contributed by atoms with E-state index >= 15 is 0 Å². The van der Waals surface area contributed by atoms with Gasteiger partial charge < -0.3 is 21.5 Å². The number of nitrogens with two attached hydrogens (primary N) is 1. The van der Waals surface area contributed by atoms with Crippen molar-refractivity contribution in [3.8, 4) is 5.75 Å². The van der Waals surface area contributed by atoms with Crippen LogP contribution in [0.2, 0.25) is 0 Å². The molecule has 0 radical (unpaired) electrons. The van der Waals surface area contributed by atoms with E-state index in [1.807, 2.05) is 25.1 Å². The first-order valence-electron chi connectivity index (χ1n) is 9.53. The van der Waals surface area contributed by atoms with Crippen molar-refractivity contribution < 1.29 is 14.7 Å². The minimum absolute atomic E-state index is 0.00210. The van der Waals surface area contributed by atoms with Crippen LogP contribution in [0.15, 0.2) is 54.6 Å². The molecule has 2 aromatic carbocycles. The standard InChI is InChI=1S/C22H29N3O3/c1-15(8-9-17-6-4-3-5-7-17)24-21(27)16(2)25-22(28)20(23)14-18-10-12-19(26)13-11-18/h3-7,10-13,15-16,20,26H,8-9,14,23H2,1-2H3,(H,24,27)(H,25,28)/t15-,16-,20+/m1/s1. The fraction of sp³-hybridized carbons (Fsp3) is 0.364. The first kappa shape index (κ1) is 21.4. The molecule has 150 valence electrons. The first-order valence-corrected chi connectivity index (χ1v) is 9.53. The minimum atomic E-state index is -0.768. The highest BCUT2D eigenvalue weighted by Crippen LogP contribution is 2.11. The Morgan fingerprint density at radius 2 is 1.57 bits per heavy atom. The molecule has 0 aromatic heterocycles. The van der Waals surface area contributed by atoms with Crippen molar-refractivity contribution in [3.05, 3.63) is 65.7 Å². The van der Waals surface area contributed by atoms with Gasteiger partial charge in [-0.2, -0.15) is 0 Å². The lowest BCUT2D eigenvalue weighted by atomic mass is 10.1. The molecule has 3 atom stereocenters. The smallest absolute Gasteiger partial charge is 0.242 e. The molecule has 0 aliphatic carbocycles. The van der Waals surface area contributed by atoms with Gasteiger partial charge in [-0.25, -0.2) is 0 Å². The van der Waals surface area contributed by atoms with E-state index in [-0.39, 0.29) is 23.6 Å². The van der Waals surface area contributed by atoms with Gasteiger partial charge in [0.05, 0.1) is 6.04 Å². The topological polar surface area (TPSA) is 104 Å². The van der Waals surface area contributed by atoms with Gasteiger partial charge in [-0.05, 0) is 56.4 Å². The predicted octanol–water partition coefficient (Wildman–Crippen LogP) is 1.90. The van der Waals surface area contributed by atoms with Gasteiger partial charge in [0.25, 0.3) is 0 Å². The second-order valence-corrected chi connectivity index (χ2v) is 7.14. The Balaban J connectivity index is 1.75. The SMILES string of the molecule is C[C@H](CCc1ccccc1)NC(=O)[C@@H](C)NC(=O)[C@@H](N)Cc1ccc(O)cc1. The zero-order valence-electron chi connectivity index (χ0n) is 16.4. The molecule has 6 nitrogen and oxygen atoms in total. The number of hydrogen-bond acceptors (Lipinski definition) is 4. The summed E-state index contributed by atoms with van der Waals surface area (Å²) in [6.45, 7) is 3.59. The molecule has 0 aliphatic rings. The summed E-state index contributed by atoms with van der Waals surface area (Å²) < 4.78 is 0. The molecule has 0 saturated heterocycles. The van der Waals surface area contributed by atoms with E-state index in [1.165, 1.54) is 5.56 Å². The molecule has 0 bridgehead atoms. The van der Waals surface area contributed by atoms with Gasteiger partial charge in [0.15, 0.2) is 0 Å². The lowest BCUT2D eigenvalue weighted by molar-refractivity contribution is -0.129. The second kappa shape index (κ2) is 10.5. The summed E-state index contributed by atoms with van der Waals surface area (Å²) in [6, 6.07) is 15.2. The Morgan fingerprint density at radius 3 is 2.21 bits per heavy atom. The Bertz CT molecular complexity index is 762. The van der Waals surface area contributed by atoms with E-state index in [4.69, 9.17) is 5.73 Å². The Morgan fingerprint density at radius 1 is 0.929 bits per heavy atom. The lowest BCUT2D eigenvalue weighted by Crippen LogP contribution is -2.52. The summed E-state index contributed by atoms with van der Waals surface area (Å²) in [5.41, 5.74) is 8.01. The van der Waals surface area contributed by atoms with Crippen molar-refractivity contribution >= 4 is 11.8 Å². The van der Waals surface area contributed by atoms with Crippen molar-refractivity contribution in [1.29, 1.82) is 0 Å². The number of phenols is 1. The van der Waals surface area contributed by atoms with Gasteiger partial charge in [0.2, 0.25) is 11.8 Å². The fourth-order valence-electron chi connectivity index (χ4n) is 2.83. The van der Waals surface area contributed by atoms with Gasteiger partial charge in [-0.1, -0.05) is 42.5 Å². The van der Waals surface area contributed by atoms with E-state index < -0.39 is 12.1 Å². The first-order chi connectivity index (χ1) is 13.3. The molecular weight excluding hydrogens is 354 g/mol. The van der Waals surface area contributed by atoms with Gasteiger partial charge in [-0.15, -0.1) is 0 Å². The van der Waals surface area contributed by atoms with Crippen LogP contribution in [0, 0.1) is 0 Å². The molecular formula is C22H29N3O3. The van der Waals surface area contributed by atoms with E-state index in [1.54, 1.807) is 31.2 Å². The number of aryl methyl sites for hydroxylation is 1. The molecule has 0 fully saturated rings. The number of phenolic OH excluding ortho intramolecular Hbond substituents is 1. The van der Waals surface area contributed by atoms with Crippen LogP contribution in [0.25, 0.3) is 0 Å². The van der Waals surface area contributed by atoms with Crippen molar-refractivity contribution in [3.63, 3.8) is 0 Å². The molecule has 0 saturated carbocycles. The molecule has 5 N–H and O–H groups in total. The molecule has 0 aliphatic heterocycles. The summed E-state index contributed by atoms with van der Waals surface area (Å²) in [7, 11) is 0. The van der Waals surface area contributed by atoms with Crippen LogP contribution in [0.3, 0.4) is 0 Å². The van der Waals surface area contributed by atoms with Gasteiger partial charge >= 0.3 is 0 Å². The van der Waals surface area contributed by atoms with E-state index in [9.17, 15) is 14.7 Å². The average molecular weight is 383 g/mol. The number of amides is 2. The fourth-order valence-corrected chi connectivity index (χ4v) is 2.83. The van der Waals surface area contributed by atoms with Crippen LogP contribution in [-0.4, -0.2) is 35.0 Å². The highest BCUT2D eigenvalue weighted by molar-refractivity contribution is 5.89. The third kappa shape index (κ3) is 7.04. The third-order valence-corrected chi connectivity index (χ3v) is 4.58. The molecule has 6 heteroatoms. The molecule has 2 aromatic rings. The highest BCUT2D eigenvalue weighted by Gasteiger charge is 2.21. The summed E-state index contributed by atoms with van der Waals surface area (Å²) in [5.74, 6) is -0.452. The van der Waals surface area contributed by atoms with Crippen LogP contribution >= 0.6 is 0 Å². The number of benzene rings is 2. The summed E-state index contributed by atoms with van der Waals surface area (Å²) >= 11 is 0. The van der Waals surface area contributed by atoms with E-state index in [0.29, 0.717) is 6.42 Å². The van der Waals surface area contributed by atoms with Crippen LogP contribution in [0.1, 0.15) is 31.4 Å². The minimum Gasteiger partial charge on any atom is -0.508 e. The quantitative estimate of drug-likeness (QED) is 0.531. The van der Waals surface area contributed by atoms with Crippen LogP contribution in [-0.2, 0) is 22.4 Å². The number of carbonyl (C=O) groups is 2. The molecule has 2 amide bonds. The molecule has 0 unspecified atom stereocenters. The summed E-state index contributed by atoms with van der Waals surface area (Å²) in [5, 5.41) is 14.9. The van der Waals surface area contributed by atoms with Gasteiger partial charge in [0, 0.05) is 6.04 Å². The van der Waals surface area contributed by atoms with Crippen LogP contribution in [0.5, 0.6) is 5.75 Å². The highest BCUT2D eigenvalue weighted by atomic mass is 16.3. The van der Waals surface area contributed by atoms with E-state index in [0.717, 1.165) is 18.4 Å². The molecule has 0 spiro atoms. The largest absolute Gasteiger partial charge is 0.508 e. The van der Waals surface area contributed by atoms with Gasteiger partial charge in [-0.3, -0.25) is 9.59 Å². The number of carbonyl (C=O) groups excluding carboxylic acids is 2. The second-order valence-electron chi connectivity index (χ2n) is 7.14. The van der Waals surface area contributed by atoms with Crippen molar-refractivity contribution in [2.24, 2.45) is 5.73 Å². The van der Waals surface area contributed by atoms with Crippen molar-refractivity contribution in [2.75, 3.05) is 0 Å². The summed E-state index contributed by atoms with van der Waals surface area (Å²) in [6.07, 6.45) is 2.02. The maximum absolute atomic E-state index is 12.3. The van der Waals surface area contributed by atoms with E-state index in [2.05, 4.69) is 22.8 Å². The maximum Gasteiger partial charge on any atom is 0.242 e. The Kier molecular flexibility index (Phi) is 8.02. The number of hydrogen-bond donors (Lipinski definition) is 4.